The van der Waals surface area contributed by atoms with Crippen molar-refractivity contribution in [1.82, 2.24) is 24.1 Å². The van der Waals surface area contributed by atoms with E-state index < -0.39 is 0 Å². The highest BCUT2D eigenvalue weighted by Gasteiger charge is 2.30. The van der Waals surface area contributed by atoms with Crippen LogP contribution in [-0.4, -0.2) is 24.1 Å². The van der Waals surface area contributed by atoms with E-state index in [9.17, 15) is 0 Å². The van der Waals surface area contributed by atoms with Gasteiger partial charge in [0.05, 0.1) is 22.1 Å². The Morgan fingerprint density at radius 2 is 0.836 bits per heavy atom. The summed E-state index contributed by atoms with van der Waals surface area (Å²) in [5.41, 5.74) is 10.1. The molecule has 5 nitrogen and oxygen atoms in total. The van der Waals surface area contributed by atoms with Gasteiger partial charge in [-0.3, -0.25) is 9.13 Å². The minimum absolute atomic E-state index is 0.0382. The monoisotopic (exact) mass is 817 g/mol. The molecule has 0 saturated heterocycles. The molecule has 10 rings (SSSR count). The summed E-state index contributed by atoms with van der Waals surface area (Å²) in [6.45, 7) is 27.7. The third-order valence-corrected chi connectivity index (χ3v) is 13.7. The summed E-state index contributed by atoms with van der Waals surface area (Å²) in [6.07, 6.45) is 0. The van der Waals surface area contributed by atoms with E-state index in [-0.39, 0.29) is 21.7 Å². The highest BCUT2D eigenvalue weighted by molar-refractivity contribution is 7.25. The number of aromatic nitrogens is 5. The van der Waals surface area contributed by atoms with Gasteiger partial charge in [-0.15, -0.1) is 11.3 Å². The molecule has 0 radical (unpaired) electrons. The quantitative estimate of drug-likeness (QED) is 0.178. The van der Waals surface area contributed by atoms with Gasteiger partial charge in [0.25, 0.3) is 0 Å². The molecule has 6 aromatic carbocycles. The maximum Gasteiger partial charge on any atom is 0.240 e. The molecule has 6 heteroatoms. The van der Waals surface area contributed by atoms with Crippen LogP contribution in [0.15, 0.2) is 115 Å². The Morgan fingerprint density at radius 1 is 0.393 bits per heavy atom. The van der Waals surface area contributed by atoms with Crippen molar-refractivity contribution in [3.8, 4) is 23.3 Å². The van der Waals surface area contributed by atoms with E-state index in [1.165, 1.54) is 64.0 Å². The van der Waals surface area contributed by atoms with Crippen LogP contribution in [0.25, 0.3) is 87.1 Å². The maximum absolute atomic E-state index is 5.64. The van der Waals surface area contributed by atoms with Crippen LogP contribution < -0.4 is 0 Å². The Hall–Kier alpha value is -5.85. The molecule has 0 spiro atoms. The van der Waals surface area contributed by atoms with Crippen molar-refractivity contribution in [2.75, 3.05) is 0 Å². The molecule has 306 valence electrons. The number of hydrogen-bond acceptors (Lipinski definition) is 4. The van der Waals surface area contributed by atoms with Crippen LogP contribution in [0.5, 0.6) is 0 Å². The van der Waals surface area contributed by atoms with Crippen molar-refractivity contribution in [3.05, 3.63) is 138 Å². The topological polar surface area (TPSA) is 48.5 Å². The van der Waals surface area contributed by atoms with Crippen LogP contribution in [0, 0.1) is 0 Å². The van der Waals surface area contributed by atoms with Gasteiger partial charge in [-0.25, -0.2) is 0 Å². The van der Waals surface area contributed by atoms with Crippen molar-refractivity contribution >= 4 is 75.1 Å². The third kappa shape index (κ3) is 6.36. The molecule has 0 fully saturated rings. The van der Waals surface area contributed by atoms with Crippen molar-refractivity contribution in [2.24, 2.45) is 0 Å². The van der Waals surface area contributed by atoms with Crippen molar-refractivity contribution in [3.63, 3.8) is 0 Å². The van der Waals surface area contributed by atoms with Gasteiger partial charge in [-0.05, 0) is 92.4 Å². The largest absolute Gasteiger partial charge is 0.277 e. The fourth-order valence-electron chi connectivity index (χ4n) is 9.17. The van der Waals surface area contributed by atoms with E-state index in [2.05, 4.69) is 207 Å². The van der Waals surface area contributed by atoms with Crippen LogP contribution in [0.3, 0.4) is 0 Å². The number of benzene rings is 6. The molecule has 0 saturated carbocycles. The average molecular weight is 818 g/mol. The Balaban J connectivity index is 1.38. The molecule has 10 aromatic rings. The van der Waals surface area contributed by atoms with Gasteiger partial charge < -0.3 is 0 Å². The van der Waals surface area contributed by atoms with Gasteiger partial charge in [0.2, 0.25) is 11.9 Å². The molecule has 0 atom stereocenters. The highest BCUT2D eigenvalue weighted by atomic mass is 32.1. The Labute approximate surface area is 363 Å². The number of fused-ring (bicyclic) bond motifs is 9. The zero-order chi connectivity index (χ0) is 43.0. The summed E-state index contributed by atoms with van der Waals surface area (Å²) in [6, 6.07) is 42.5. The number of nitrogens with zero attached hydrogens (tertiary/aromatic N) is 5. The van der Waals surface area contributed by atoms with Gasteiger partial charge in [0.1, 0.15) is 0 Å². The fraction of sp³-hybridized carbons (Fsp3) is 0.291. The minimum atomic E-state index is -0.172. The van der Waals surface area contributed by atoms with Gasteiger partial charge in [-0.2, -0.15) is 15.0 Å². The zero-order valence-corrected chi connectivity index (χ0v) is 38.4. The molecule has 0 N–H and O–H groups in total. The van der Waals surface area contributed by atoms with Gasteiger partial charge >= 0.3 is 0 Å². The molecule has 0 aliphatic carbocycles. The van der Waals surface area contributed by atoms with Crippen molar-refractivity contribution in [2.45, 2.75) is 105 Å². The van der Waals surface area contributed by atoms with E-state index in [0.29, 0.717) is 17.7 Å². The number of rotatable bonds is 3. The zero-order valence-electron chi connectivity index (χ0n) is 37.6. The lowest BCUT2D eigenvalue weighted by atomic mass is 9.79. The second kappa shape index (κ2) is 13.3. The predicted molar refractivity (Wildman–Crippen MR) is 262 cm³/mol. The predicted octanol–water partition coefficient (Wildman–Crippen LogP) is 15.3. The standard InChI is InChI=1S/C55H55N5S/c1-52(2,3)33-28-39-35-19-13-16-22-43(35)59(47(39)41(30-33)54(7,8)9)50-56-49(32-25-26-46-38(27-32)37-21-15-18-24-45(37)61-46)57-51(58-50)60-44-23-17-14-20-36(44)40-29-34(53(4,5)6)31-42(48(40)60)55(10,11)12/h13-31H,1-12H3. The summed E-state index contributed by atoms with van der Waals surface area (Å²) in [5.74, 6) is 1.84. The molecule has 4 heterocycles. The summed E-state index contributed by atoms with van der Waals surface area (Å²) >= 11 is 1.83. The number of para-hydroxylation sites is 2. The third-order valence-electron chi connectivity index (χ3n) is 12.5. The first-order valence-corrected chi connectivity index (χ1v) is 22.4. The number of hydrogen-bond donors (Lipinski definition) is 0. The van der Waals surface area contributed by atoms with Gasteiger partial charge in [0.15, 0.2) is 5.82 Å². The molecule has 0 bridgehead atoms. The molecule has 0 aliphatic rings. The second-order valence-electron chi connectivity index (χ2n) is 21.1. The van der Waals surface area contributed by atoms with Crippen molar-refractivity contribution in [1.29, 1.82) is 0 Å². The van der Waals surface area contributed by atoms with Gasteiger partial charge in [0, 0.05) is 47.3 Å². The lowest BCUT2D eigenvalue weighted by molar-refractivity contribution is 0.571. The first-order chi connectivity index (χ1) is 28.8. The Bertz CT molecular complexity index is 3230. The molecule has 4 aromatic heterocycles. The number of thiophene rings is 1. The lowest BCUT2D eigenvalue weighted by Gasteiger charge is -2.27. The molecular weight excluding hydrogens is 763 g/mol. The molecule has 0 unspecified atom stereocenters. The van der Waals surface area contributed by atoms with Crippen LogP contribution in [0.4, 0.5) is 0 Å². The van der Waals surface area contributed by atoms with E-state index in [1.54, 1.807) is 0 Å². The molecule has 0 amide bonds. The van der Waals surface area contributed by atoms with E-state index >= 15 is 0 Å². The lowest BCUT2D eigenvalue weighted by Crippen LogP contribution is -2.19. The fourth-order valence-corrected chi connectivity index (χ4v) is 10.3. The average Bonchev–Trinajstić information content (AvgIpc) is 3.86. The normalized spacial score (nSPS) is 13.2. The molecule has 61 heavy (non-hydrogen) atoms. The summed E-state index contributed by atoms with van der Waals surface area (Å²) < 4.78 is 7.16. The highest BCUT2D eigenvalue weighted by Crippen LogP contribution is 2.44. The second-order valence-corrected chi connectivity index (χ2v) is 22.2. The van der Waals surface area contributed by atoms with E-state index in [4.69, 9.17) is 15.0 Å². The summed E-state index contributed by atoms with van der Waals surface area (Å²) in [7, 11) is 0. The minimum Gasteiger partial charge on any atom is -0.277 e. The molecule has 0 aliphatic heterocycles. The SMILES string of the molecule is CC(C)(C)c1cc(C(C)(C)C)c2c(c1)c1ccccc1n2-c1nc(-c2ccc3sc4ccccc4c3c2)nc(-n2c3ccccc3c3cc(C(C)(C)C)cc(C(C)(C)C)c32)n1. The Morgan fingerprint density at radius 3 is 1.31 bits per heavy atom. The Kier molecular flexibility index (Phi) is 8.58. The summed E-state index contributed by atoms with van der Waals surface area (Å²) in [5, 5.41) is 7.26. The maximum atomic E-state index is 5.64. The van der Waals surface area contributed by atoms with E-state index in [0.717, 1.165) is 27.6 Å². The van der Waals surface area contributed by atoms with Crippen LogP contribution in [0.1, 0.15) is 105 Å². The summed E-state index contributed by atoms with van der Waals surface area (Å²) in [4.78, 5) is 16.7. The first kappa shape index (κ1) is 39.3. The smallest absolute Gasteiger partial charge is 0.240 e. The van der Waals surface area contributed by atoms with E-state index in [1.807, 2.05) is 11.3 Å². The molecular formula is C55H55N5S. The van der Waals surface area contributed by atoms with Gasteiger partial charge in [-0.1, -0.05) is 150 Å². The van der Waals surface area contributed by atoms with Crippen LogP contribution >= 0.6 is 11.3 Å². The first-order valence-electron chi connectivity index (χ1n) is 21.6. The van der Waals surface area contributed by atoms with Crippen LogP contribution in [-0.2, 0) is 21.7 Å². The van der Waals surface area contributed by atoms with Crippen molar-refractivity contribution < 1.29 is 0 Å². The van der Waals surface area contributed by atoms with Crippen LogP contribution in [0.2, 0.25) is 0 Å².